The quantitative estimate of drug-likeness (QED) is 0.181. The van der Waals surface area contributed by atoms with Gasteiger partial charge in [-0.3, -0.25) is 0 Å². The second kappa shape index (κ2) is 12.2. The van der Waals surface area contributed by atoms with Crippen molar-refractivity contribution in [3.05, 3.63) is 133 Å². The van der Waals surface area contributed by atoms with Gasteiger partial charge in [0.25, 0.3) is 0 Å². The van der Waals surface area contributed by atoms with E-state index in [-0.39, 0.29) is 37.6 Å². The van der Waals surface area contributed by atoms with Crippen LogP contribution < -0.4 is 0 Å². The first-order valence-electron chi connectivity index (χ1n) is 15.8. The van der Waals surface area contributed by atoms with Crippen LogP contribution in [0.25, 0.3) is 61.3 Å². The van der Waals surface area contributed by atoms with Crippen LogP contribution in [0.4, 0.5) is 0 Å². The van der Waals surface area contributed by atoms with Gasteiger partial charge in [-0.25, -0.2) is 4.98 Å². The first-order valence-corrected chi connectivity index (χ1v) is 15.8. The summed E-state index contributed by atoms with van der Waals surface area (Å²) in [6, 6.07) is 41.2. The molecule has 0 bridgehead atoms. The van der Waals surface area contributed by atoms with Gasteiger partial charge in [0.1, 0.15) is 11.6 Å². The molecule has 0 unspecified atom stereocenters. The second-order valence-electron chi connectivity index (χ2n) is 14.1. The zero-order valence-corrected chi connectivity index (χ0v) is 29.8. The Morgan fingerprint density at radius 3 is 2.15 bits per heavy atom. The van der Waals surface area contributed by atoms with Crippen LogP contribution >= 0.6 is 0 Å². The molecule has 0 radical (unpaired) electrons. The van der Waals surface area contributed by atoms with Crippen molar-refractivity contribution in [1.29, 1.82) is 0 Å². The van der Waals surface area contributed by atoms with Crippen molar-refractivity contribution in [1.82, 2.24) is 14.5 Å². The summed E-state index contributed by atoms with van der Waals surface area (Å²) >= 11 is 0. The number of nitrogens with zero attached hydrogens (tertiary/aromatic N) is 3. The first kappa shape index (κ1) is 32.4. The summed E-state index contributed by atoms with van der Waals surface area (Å²) in [4.78, 5) is 9.95. The molecule has 0 saturated heterocycles. The Bertz CT molecular complexity index is 2240. The molecule has 3 heterocycles. The van der Waals surface area contributed by atoms with Crippen molar-refractivity contribution in [3.8, 4) is 45.2 Å². The summed E-state index contributed by atoms with van der Waals surface area (Å²) in [5, 5.41) is 13.9. The average Bonchev–Trinajstić information content (AvgIpc) is 3.38. The molecule has 5 heteroatoms. The molecule has 47 heavy (non-hydrogen) atoms. The van der Waals surface area contributed by atoms with E-state index in [2.05, 4.69) is 131 Å². The number of aromatic hydroxyl groups is 1. The summed E-state index contributed by atoms with van der Waals surface area (Å²) in [5.41, 5.74) is 9.24. The monoisotopic (exact) mass is 795 g/mol. The van der Waals surface area contributed by atoms with Gasteiger partial charge in [0.2, 0.25) is 0 Å². The van der Waals surface area contributed by atoms with Gasteiger partial charge in [-0.05, 0) is 74.4 Å². The molecule has 4 aromatic carbocycles. The molecule has 7 aromatic rings. The van der Waals surface area contributed by atoms with E-state index < -0.39 is 0 Å². The molecule has 1 N–H and O–H groups in total. The Kier molecular flexibility index (Phi) is 8.44. The van der Waals surface area contributed by atoms with Crippen LogP contribution in [0.2, 0.25) is 0 Å². The Balaban J connectivity index is 0.00000386. The van der Waals surface area contributed by atoms with E-state index in [1.54, 1.807) is 0 Å². The molecule has 0 aliphatic rings. The van der Waals surface area contributed by atoms with Crippen LogP contribution in [0.15, 0.2) is 115 Å². The van der Waals surface area contributed by atoms with Gasteiger partial charge in [0.15, 0.2) is 0 Å². The third-order valence-electron chi connectivity index (χ3n) is 8.75. The van der Waals surface area contributed by atoms with E-state index >= 15 is 0 Å². The number of aromatic nitrogens is 3. The zero-order chi connectivity index (χ0) is 32.2. The molecule has 3 aromatic heterocycles. The maximum absolute atomic E-state index is 11.6. The minimum Gasteiger partial charge on any atom is -0.507 e. The van der Waals surface area contributed by atoms with Crippen LogP contribution in [-0.4, -0.2) is 19.6 Å². The van der Waals surface area contributed by atoms with Gasteiger partial charge in [-0.15, -0.1) is 23.8 Å². The van der Waals surface area contributed by atoms with Crippen LogP contribution in [0.1, 0.15) is 52.7 Å². The summed E-state index contributed by atoms with van der Waals surface area (Å²) in [6.07, 6.45) is 1.86. The number of benzene rings is 4. The zero-order valence-electron chi connectivity index (χ0n) is 27.6. The van der Waals surface area contributed by atoms with Gasteiger partial charge in [-0.1, -0.05) is 114 Å². The van der Waals surface area contributed by atoms with Crippen molar-refractivity contribution in [2.24, 2.45) is 0 Å². The number of pyridine rings is 2. The maximum Gasteiger partial charge on any atom is 0.136 e. The van der Waals surface area contributed by atoms with Crippen molar-refractivity contribution < 1.29 is 26.2 Å². The van der Waals surface area contributed by atoms with Gasteiger partial charge in [0, 0.05) is 43.9 Å². The molecule has 7 rings (SSSR count). The van der Waals surface area contributed by atoms with Crippen molar-refractivity contribution in [2.75, 3.05) is 0 Å². The minimum atomic E-state index is -0.234. The molecule has 0 atom stereocenters. The van der Waals surface area contributed by atoms with E-state index in [9.17, 15) is 5.11 Å². The summed E-state index contributed by atoms with van der Waals surface area (Å²) in [6.45, 7) is 13.0. The van der Waals surface area contributed by atoms with Gasteiger partial charge < -0.3 is 14.7 Å². The Morgan fingerprint density at radius 1 is 0.660 bits per heavy atom. The van der Waals surface area contributed by atoms with E-state index in [0.717, 1.165) is 72.4 Å². The van der Waals surface area contributed by atoms with E-state index in [1.807, 2.05) is 36.5 Å². The fraction of sp³-hybridized carbons (Fsp3) is 0.190. The summed E-state index contributed by atoms with van der Waals surface area (Å²) in [5.74, 6) is 1.05. The maximum atomic E-state index is 11.6. The molecule has 4 nitrogen and oxygen atoms in total. The smallest absolute Gasteiger partial charge is 0.136 e. The first-order chi connectivity index (χ1) is 22.0. The minimum absolute atomic E-state index is 0. The molecule has 0 aliphatic heterocycles. The Morgan fingerprint density at radius 2 is 1.40 bits per heavy atom. The molecule has 0 spiro atoms. The van der Waals surface area contributed by atoms with Gasteiger partial charge in [0.05, 0.1) is 5.69 Å². The predicted molar refractivity (Wildman–Crippen MR) is 191 cm³/mol. The molecular formula is C42H38N3OPt-. The van der Waals surface area contributed by atoms with Crippen LogP contribution in [0.5, 0.6) is 5.75 Å². The third-order valence-corrected chi connectivity index (χ3v) is 8.75. The fourth-order valence-electron chi connectivity index (χ4n) is 6.20. The summed E-state index contributed by atoms with van der Waals surface area (Å²) in [7, 11) is 0. The van der Waals surface area contributed by atoms with Crippen molar-refractivity contribution in [3.63, 3.8) is 0 Å². The number of phenols is 1. The Labute approximate surface area is 291 Å². The number of rotatable bonds is 4. The number of hydrogen-bond donors (Lipinski definition) is 1. The second-order valence-corrected chi connectivity index (χ2v) is 14.1. The topological polar surface area (TPSA) is 50.9 Å². The number of phenolic OH excluding ortho intramolecular Hbond substituents is 1. The van der Waals surface area contributed by atoms with E-state index in [1.165, 1.54) is 0 Å². The van der Waals surface area contributed by atoms with Crippen molar-refractivity contribution in [2.45, 2.75) is 52.4 Å². The van der Waals surface area contributed by atoms with Crippen LogP contribution in [-0.2, 0) is 31.9 Å². The van der Waals surface area contributed by atoms with Crippen LogP contribution in [0.3, 0.4) is 0 Å². The molecule has 0 aliphatic carbocycles. The predicted octanol–water partition coefficient (Wildman–Crippen LogP) is 10.7. The largest absolute Gasteiger partial charge is 0.507 e. The van der Waals surface area contributed by atoms with Crippen LogP contribution in [0, 0.1) is 6.07 Å². The molecule has 0 amide bonds. The normalized spacial score (nSPS) is 12.0. The molecule has 0 fully saturated rings. The number of para-hydroxylation sites is 1. The van der Waals surface area contributed by atoms with Gasteiger partial charge >= 0.3 is 0 Å². The van der Waals surface area contributed by atoms with E-state index in [0.29, 0.717) is 0 Å². The molecular weight excluding hydrogens is 758 g/mol. The Hall–Kier alpha value is -4.53. The molecule has 0 saturated carbocycles. The fourth-order valence-corrected chi connectivity index (χ4v) is 6.20. The summed E-state index contributed by atoms with van der Waals surface area (Å²) < 4.78 is 2.17. The van der Waals surface area contributed by atoms with Crippen molar-refractivity contribution >= 4 is 21.8 Å². The molecule has 238 valence electrons. The van der Waals surface area contributed by atoms with E-state index in [4.69, 9.17) is 9.97 Å². The number of hydrogen-bond acceptors (Lipinski definition) is 3. The average molecular weight is 796 g/mol. The SMILES string of the molecule is CC(C)(C)c1cc(-c2cccc(-n3c4[c-]c(-c5cc(-c6ccccc6)ccn5)ccc4c4ccccc43)n2)c(O)c(C(C)(C)C)c1.[Pt]. The number of fused-ring (bicyclic) bond motifs is 3. The third kappa shape index (κ3) is 6.03. The van der Waals surface area contributed by atoms with Gasteiger partial charge in [-0.2, -0.15) is 0 Å². The standard InChI is InChI=1S/C42H38N3O.Pt/c1-41(2,3)30-25-33(40(46)34(26-30)42(4,5)6)35-16-12-18-39(44-35)45-37-17-11-10-15-31(37)32-20-19-29(24-38(32)45)36-23-28(21-22-43-36)27-13-8-7-9-14-27;/h7-23,25-26,46H,1-6H3;/q-1;.